The fourth-order valence-corrected chi connectivity index (χ4v) is 3.51. The second-order valence-electron chi connectivity index (χ2n) is 6.86. The van der Waals surface area contributed by atoms with E-state index in [4.69, 9.17) is 4.74 Å². The molecule has 1 fully saturated rings. The van der Waals surface area contributed by atoms with Gasteiger partial charge in [0.1, 0.15) is 11.3 Å². The van der Waals surface area contributed by atoms with Crippen LogP contribution in [0.5, 0.6) is 5.75 Å². The average molecular weight is 472 g/mol. The zero-order chi connectivity index (χ0) is 21.7. The Bertz CT molecular complexity index is 953. The highest BCUT2D eigenvalue weighted by Crippen LogP contribution is 2.30. The van der Waals surface area contributed by atoms with E-state index < -0.39 is 11.8 Å². The van der Waals surface area contributed by atoms with Gasteiger partial charge < -0.3 is 9.64 Å². The zero-order valence-electron chi connectivity index (χ0n) is 17.4. The number of halogens is 1. The van der Waals surface area contributed by atoms with Crippen molar-refractivity contribution in [3.8, 4) is 5.75 Å². The molecule has 0 spiro atoms. The zero-order valence-corrected chi connectivity index (χ0v) is 19.0. The van der Waals surface area contributed by atoms with E-state index in [1.165, 1.54) is 5.01 Å². The SMILES string of the molecule is CCCOc1cc(N(CC)CC)ccc1C=C1C(=O)NN(c2ccc(Br)cc2)C1=O. The summed E-state index contributed by atoms with van der Waals surface area (Å²) < 4.78 is 6.83. The molecule has 1 heterocycles. The van der Waals surface area contributed by atoms with Crippen molar-refractivity contribution >= 4 is 45.2 Å². The number of rotatable bonds is 8. The number of carbonyl (C=O) groups excluding carboxylic acids is 2. The van der Waals surface area contributed by atoms with Crippen molar-refractivity contribution in [2.24, 2.45) is 0 Å². The van der Waals surface area contributed by atoms with Crippen LogP contribution in [0.4, 0.5) is 11.4 Å². The minimum absolute atomic E-state index is 0.0786. The highest BCUT2D eigenvalue weighted by atomic mass is 79.9. The lowest BCUT2D eigenvalue weighted by molar-refractivity contribution is -0.117. The molecular formula is C23H26BrN3O3. The van der Waals surface area contributed by atoms with Gasteiger partial charge >= 0.3 is 0 Å². The molecule has 1 N–H and O–H groups in total. The van der Waals surface area contributed by atoms with Gasteiger partial charge in [-0.15, -0.1) is 0 Å². The summed E-state index contributed by atoms with van der Waals surface area (Å²) >= 11 is 3.37. The monoisotopic (exact) mass is 471 g/mol. The number of amides is 2. The molecule has 0 saturated carbocycles. The Kier molecular flexibility index (Phi) is 7.15. The van der Waals surface area contributed by atoms with Gasteiger partial charge in [-0.05, 0) is 62.7 Å². The van der Waals surface area contributed by atoms with Crippen molar-refractivity contribution in [2.75, 3.05) is 29.6 Å². The standard InChI is InChI=1S/C23H26BrN3O3/c1-4-13-30-21-15-19(26(5-2)6-3)10-7-16(21)14-20-22(28)25-27(23(20)29)18-11-8-17(24)9-12-18/h7-12,14-15H,4-6,13H2,1-3H3,(H,25,28). The molecule has 0 radical (unpaired) electrons. The Hall–Kier alpha value is -2.80. The smallest absolute Gasteiger partial charge is 0.282 e. The van der Waals surface area contributed by atoms with Gasteiger partial charge in [-0.1, -0.05) is 22.9 Å². The van der Waals surface area contributed by atoms with Gasteiger partial charge in [0.15, 0.2) is 0 Å². The number of hydrogen-bond acceptors (Lipinski definition) is 4. The maximum absolute atomic E-state index is 12.9. The number of ether oxygens (including phenoxy) is 1. The lowest BCUT2D eigenvalue weighted by atomic mass is 10.1. The van der Waals surface area contributed by atoms with Gasteiger partial charge in [-0.25, -0.2) is 5.01 Å². The van der Waals surface area contributed by atoms with Crippen LogP contribution in [0.15, 0.2) is 52.5 Å². The van der Waals surface area contributed by atoms with Gasteiger partial charge in [0.2, 0.25) is 0 Å². The predicted molar refractivity (Wildman–Crippen MR) is 124 cm³/mol. The van der Waals surface area contributed by atoms with E-state index in [1.54, 1.807) is 18.2 Å². The molecule has 0 aromatic heterocycles. The minimum Gasteiger partial charge on any atom is -0.493 e. The Morgan fingerprint density at radius 2 is 1.77 bits per heavy atom. The number of hydrogen-bond donors (Lipinski definition) is 1. The molecular weight excluding hydrogens is 446 g/mol. The molecule has 6 nitrogen and oxygen atoms in total. The maximum atomic E-state index is 12.9. The maximum Gasteiger partial charge on any atom is 0.282 e. The van der Waals surface area contributed by atoms with Crippen molar-refractivity contribution < 1.29 is 14.3 Å². The van der Waals surface area contributed by atoms with Gasteiger partial charge in [-0.3, -0.25) is 15.0 Å². The molecule has 2 aromatic carbocycles. The van der Waals surface area contributed by atoms with Gasteiger partial charge in [0.05, 0.1) is 12.3 Å². The van der Waals surface area contributed by atoms with E-state index in [0.29, 0.717) is 23.6 Å². The van der Waals surface area contributed by atoms with Gasteiger partial charge in [0, 0.05) is 34.9 Å². The summed E-state index contributed by atoms with van der Waals surface area (Å²) in [5.41, 5.74) is 5.06. The number of benzene rings is 2. The molecule has 30 heavy (non-hydrogen) atoms. The summed E-state index contributed by atoms with van der Waals surface area (Å²) in [7, 11) is 0. The Balaban J connectivity index is 1.95. The van der Waals surface area contributed by atoms with Crippen molar-refractivity contribution in [2.45, 2.75) is 27.2 Å². The number of carbonyl (C=O) groups is 2. The first-order chi connectivity index (χ1) is 14.5. The number of hydrazine groups is 1. The highest BCUT2D eigenvalue weighted by Gasteiger charge is 2.34. The van der Waals surface area contributed by atoms with Crippen LogP contribution < -0.4 is 20.1 Å². The molecule has 1 aliphatic heterocycles. The summed E-state index contributed by atoms with van der Waals surface area (Å²) in [6.45, 7) is 8.56. The first-order valence-electron chi connectivity index (χ1n) is 10.1. The Morgan fingerprint density at radius 1 is 1.07 bits per heavy atom. The van der Waals surface area contributed by atoms with E-state index in [-0.39, 0.29) is 5.57 Å². The molecule has 0 aliphatic carbocycles. The molecule has 158 valence electrons. The summed E-state index contributed by atoms with van der Waals surface area (Å²) in [5.74, 6) is -0.162. The number of nitrogens with zero attached hydrogens (tertiary/aromatic N) is 2. The van der Waals surface area contributed by atoms with Gasteiger partial charge in [0.25, 0.3) is 11.8 Å². The quantitative estimate of drug-likeness (QED) is 0.453. The predicted octanol–water partition coefficient (Wildman–Crippen LogP) is 4.55. The van der Waals surface area contributed by atoms with Crippen molar-refractivity contribution in [1.82, 2.24) is 5.43 Å². The van der Waals surface area contributed by atoms with Gasteiger partial charge in [-0.2, -0.15) is 0 Å². The largest absolute Gasteiger partial charge is 0.493 e. The molecule has 7 heteroatoms. The molecule has 0 bridgehead atoms. The van der Waals surface area contributed by atoms with Crippen LogP contribution >= 0.6 is 15.9 Å². The van der Waals surface area contributed by atoms with Crippen LogP contribution in [0.1, 0.15) is 32.8 Å². The average Bonchev–Trinajstić information content (AvgIpc) is 3.03. The second kappa shape index (κ2) is 9.80. The van der Waals surface area contributed by atoms with Crippen molar-refractivity contribution in [3.05, 3.63) is 58.1 Å². The second-order valence-corrected chi connectivity index (χ2v) is 7.77. The molecule has 0 atom stereocenters. The molecule has 2 amide bonds. The summed E-state index contributed by atoms with van der Waals surface area (Å²) in [5, 5.41) is 1.26. The summed E-state index contributed by atoms with van der Waals surface area (Å²) in [6, 6.07) is 13.0. The van der Waals surface area contributed by atoms with Crippen LogP contribution in [0.2, 0.25) is 0 Å². The first kappa shape index (κ1) is 21.9. The van der Waals surface area contributed by atoms with E-state index >= 15 is 0 Å². The van der Waals surface area contributed by atoms with Crippen LogP contribution in [-0.2, 0) is 9.59 Å². The lowest BCUT2D eigenvalue weighted by Gasteiger charge is -2.22. The Labute approximate surface area is 185 Å². The summed E-state index contributed by atoms with van der Waals surface area (Å²) in [4.78, 5) is 27.7. The molecule has 1 saturated heterocycles. The third-order valence-electron chi connectivity index (χ3n) is 4.86. The Morgan fingerprint density at radius 3 is 2.40 bits per heavy atom. The van der Waals surface area contributed by atoms with E-state index in [0.717, 1.165) is 29.7 Å². The van der Waals surface area contributed by atoms with Crippen LogP contribution in [0.25, 0.3) is 6.08 Å². The lowest BCUT2D eigenvalue weighted by Crippen LogP contribution is -2.35. The number of anilines is 2. The van der Waals surface area contributed by atoms with E-state index in [9.17, 15) is 9.59 Å². The first-order valence-corrected chi connectivity index (χ1v) is 10.9. The van der Waals surface area contributed by atoms with Crippen LogP contribution in [0.3, 0.4) is 0 Å². The molecule has 2 aromatic rings. The van der Waals surface area contributed by atoms with E-state index in [2.05, 4.69) is 40.1 Å². The minimum atomic E-state index is -0.433. The third kappa shape index (κ3) is 4.67. The highest BCUT2D eigenvalue weighted by molar-refractivity contribution is 9.10. The third-order valence-corrected chi connectivity index (χ3v) is 5.39. The number of nitrogens with one attached hydrogen (secondary N) is 1. The summed E-state index contributed by atoms with van der Waals surface area (Å²) in [6.07, 6.45) is 2.47. The topological polar surface area (TPSA) is 61.9 Å². The van der Waals surface area contributed by atoms with Crippen LogP contribution in [0, 0.1) is 0 Å². The van der Waals surface area contributed by atoms with Crippen molar-refractivity contribution in [3.63, 3.8) is 0 Å². The normalized spacial score (nSPS) is 14.9. The van der Waals surface area contributed by atoms with E-state index in [1.807, 2.05) is 37.3 Å². The van der Waals surface area contributed by atoms with Crippen molar-refractivity contribution in [1.29, 1.82) is 0 Å². The molecule has 3 rings (SSSR count). The molecule has 0 unspecified atom stereocenters. The fourth-order valence-electron chi connectivity index (χ4n) is 3.25. The van der Waals surface area contributed by atoms with Crippen LogP contribution in [-0.4, -0.2) is 31.5 Å². The fraction of sp³-hybridized carbons (Fsp3) is 0.304. The molecule has 1 aliphatic rings.